The second-order valence-electron chi connectivity index (χ2n) is 5.95. The number of rotatable bonds is 6. The maximum absolute atomic E-state index is 12.5. The van der Waals surface area contributed by atoms with E-state index >= 15 is 0 Å². The van der Waals surface area contributed by atoms with Crippen molar-refractivity contribution in [3.05, 3.63) is 72.1 Å². The lowest BCUT2D eigenvalue weighted by Gasteiger charge is -2.12. The molecule has 1 amide bonds. The number of amides is 1. The number of methoxy groups -OCH3 is 2. The van der Waals surface area contributed by atoms with Crippen LogP contribution in [0.25, 0.3) is 0 Å². The molecular weight excluding hydrogens is 342 g/mol. The van der Waals surface area contributed by atoms with Gasteiger partial charge in [-0.25, -0.2) is 0 Å². The molecule has 0 aliphatic carbocycles. The number of pyridine rings is 1. The van der Waals surface area contributed by atoms with Crippen LogP contribution in [0.15, 0.2) is 60.8 Å². The van der Waals surface area contributed by atoms with Crippen molar-refractivity contribution in [2.45, 2.75) is 6.92 Å². The Kier molecular flexibility index (Phi) is 5.56. The quantitative estimate of drug-likeness (QED) is 0.679. The Balaban J connectivity index is 1.76. The van der Waals surface area contributed by atoms with Crippen molar-refractivity contribution in [2.75, 3.05) is 24.9 Å². The topological polar surface area (TPSA) is 72.5 Å². The zero-order valence-electron chi connectivity index (χ0n) is 15.4. The number of hydrogen-bond acceptors (Lipinski definition) is 5. The zero-order valence-corrected chi connectivity index (χ0v) is 15.4. The van der Waals surface area contributed by atoms with Gasteiger partial charge in [-0.3, -0.25) is 9.78 Å². The van der Waals surface area contributed by atoms with Crippen molar-refractivity contribution < 1.29 is 14.3 Å². The molecule has 138 valence electrons. The van der Waals surface area contributed by atoms with E-state index in [1.165, 1.54) is 0 Å². The van der Waals surface area contributed by atoms with E-state index in [2.05, 4.69) is 15.6 Å². The molecule has 0 unspecified atom stereocenters. The number of hydrogen-bond donors (Lipinski definition) is 2. The van der Waals surface area contributed by atoms with Gasteiger partial charge in [0.25, 0.3) is 5.91 Å². The molecule has 27 heavy (non-hydrogen) atoms. The highest BCUT2D eigenvalue weighted by Crippen LogP contribution is 2.31. The molecule has 6 heteroatoms. The second-order valence-corrected chi connectivity index (χ2v) is 5.95. The van der Waals surface area contributed by atoms with E-state index in [0.29, 0.717) is 17.2 Å². The van der Waals surface area contributed by atoms with Gasteiger partial charge in [-0.05, 0) is 48.9 Å². The molecule has 0 atom stereocenters. The largest absolute Gasteiger partial charge is 0.493 e. The Labute approximate surface area is 158 Å². The van der Waals surface area contributed by atoms with Crippen molar-refractivity contribution >= 4 is 23.0 Å². The van der Waals surface area contributed by atoms with Crippen molar-refractivity contribution in [2.24, 2.45) is 0 Å². The van der Waals surface area contributed by atoms with E-state index in [1.807, 2.05) is 49.4 Å². The van der Waals surface area contributed by atoms with Gasteiger partial charge in [0.2, 0.25) is 0 Å². The van der Waals surface area contributed by atoms with E-state index < -0.39 is 0 Å². The van der Waals surface area contributed by atoms with E-state index in [9.17, 15) is 4.79 Å². The van der Waals surface area contributed by atoms with Crippen molar-refractivity contribution in [3.63, 3.8) is 0 Å². The van der Waals surface area contributed by atoms with Gasteiger partial charge >= 0.3 is 0 Å². The maximum Gasteiger partial charge on any atom is 0.274 e. The fourth-order valence-corrected chi connectivity index (χ4v) is 2.63. The standard InChI is InChI=1S/C21H21N3O3/c1-14-5-4-6-15(11-14)24-21(25)18-12-17(9-10-22-18)23-16-7-8-19(26-2)20(13-16)27-3/h4-13H,1-3H3,(H,22,23)(H,24,25). The van der Waals surface area contributed by atoms with Crippen LogP contribution in [0.2, 0.25) is 0 Å². The highest BCUT2D eigenvalue weighted by atomic mass is 16.5. The van der Waals surface area contributed by atoms with Crippen LogP contribution in [-0.4, -0.2) is 25.1 Å². The molecule has 0 fully saturated rings. The highest BCUT2D eigenvalue weighted by molar-refractivity contribution is 6.03. The van der Waals surface area contributed by atoms with Gasteiger partial charge < -0.3 is 20.1 Å². The summed E-state index contributed by atoms with van der Waals surface area (Å²) in [5, 5.41) is 6.10. The summed E-state index contributed by atoms with van der Waals surface area (Å²) in [6.07, 6.45) is 1.59. The Morgan fingerprint density at radius 2 is 1.67 bits per heavy atom. The lowest BCUT2D eigenvalue weighted by Crippen LogP contribution is -2.13. The molecule has 0 saturated heterocycles. The van der Waals surface area contributed by atoms with E-state index in [4.69, 9.17) is 9.47 Å². The Hall–Kier alpha value is -3.54. The Morgan fingerprint density at radius 1 is 0.889 bits per heavy atom. The molecule has 6 nitrogen and oxygen atoms in total. The van der Waals surface area contributed by atoms with E-state index in [0.717, 1.165) is 22.6 Å². The van der Waals surface area contributed by atoms with Crippen LogP contribution in [0.1, 0.15) is 16.1 Å². The van der Waals surface area contributed by atoms with Gasteiger partial charge in [-0.15, -0.1) is 0 Å². The number of ether oxygens (including phenoxy) is 2. The van der Waals surface area contributed by atoms with Crippen LogP contribution in [0.4, 0.5) is 17.1 Å². The van der Waals surface area contributed by atoms with Crippen LogP contribution in [0.5, 0.6) is 11.5 Å². The number of aryl methyl sites for hydroxylation is 1. The highest BCUT2D eigenvalue weighted by Gasteiger charge is 2.10. The summed E-state index contributed by atoms with van der Waals surface area (Å²) < 4.78 is 10.6. The second kappa shape index (κ2) is 8.23. The van der Waals surface area contributed by atoms with Crippen molar-refractivity contribution in [3.8, 4) is 11.5 Å². The predicted octanol–water partition coefficient (Wildman–Crippen LogP) is 4.40. The minimum Gasteiger partial charge on any atom is -0.493 e. The molecule has 0 aliphatic rings. The lowest BCUT2D eigenvalue weighted by molar-refractivity contribution is 0.102. The van der Waals surface area contributed by atoms with Crippen LogP contribution in [0.3, 0.4) is 0 Å². The molecule has 2 aromatic carbocycles. The minimum atomic E-state index is -0.267. The van der Waals surface area contributed by atoms with E-state index in [-0.39, 0.29) is 5.91 Å². The smallest absolute Gasteiger partial charge is 0.274 e. The first-order chi connectivity index (χ1) is 13.1. The number of carbonyl (C=O) groups excluding carboxylic acids is 1. The molecule has 0 bridgehead atoms. The van der Waals surface area contributed by atoms with Gasteiger partial charge in [0.05, 0.1) is 14.2 Å². The number of nitrogens with zero attached hydrogens (tertiary/aromatic N) is 1. The van der Waals surface area contributed by atoms with Crippen LogP contribution in [-0.2, 0) is 0 Å². The fraction of sp³-hybridized carbons (Fsp3) is 0.143. The lowest BCUT2D eigenvalue weighted by atomic mass is 10.2. The molecular formula is C21H21N3O3. The maximum atomic E-state index is 12.5. The average Bonchev–Trinajstić information content (AvgIpc) is 2.68. The number of anilines is 3. The van der Waals surface area contributed by atoms with Crippen molar-refractivity contribution in [1.29, 1.82) is 0 Å². The minimum absolute atomic E-state index is 0.267. The number of nitrogens with one attached hydrogen (secondary N) is 2. The molecule has 0 aliphatic heterocycles. The molecule has 3 rings (SSSR count). The monoisotopic (exact) mass is 363 g/mol. The molecule has 1 aromatic heterocycles. The van der Waals surface area contributed by atoms with Crippen molar-refractivity contribution in [1.82, 2.24) is 4.98 Å². The molecule has 2 N–H and O–H groups in total. The summed E-state index contributed by atoms with van der Waals surface area (Å²) in [6.45, 7) is 1.97. The van der Waals surface area contributed by atoms with Gasteiger partial charge in [0.15, 0.2) is 11.5 Å². The van der Waals surface area contributed by atoms with Crippen LogP contribution < -0.4 is 20.1 Å². The third-order valence-corrected chi connectivity index (χ3v) is 3.94. The first-order valence-corrected chi connectivity index (χ1v) is 8.42. The summed E-state index contributed by atoms with van der Waals surface area (Å²) in [5.41, 5.74) is 3.68. The predicted molar refractivity (Wildman–Crippen MR) is 106 cm³/mol. The molecule has 3 aromatic rings. The first-order valence-electron chi connectivity index (χ1n) is 8.42. The summed E-state index contributed by atoms with van der Waals surface area (Å²) >= 11 is 0. The summed E-state index contributed by atoms with van der Waals surface area (Å²) in [6, 6.07) is 16.6. The van der Waals surface area contributed by atoms with Gasteiger partial charge in [0.1, 0.15) is 5.69 Å². The number of aromatic nitrogens is 1. The average molecular weight is 363 g/mol. The number of benzene rings is 2. The SMILES string of the molecule is COc1ccc(Nc2ccnc(C(=O)Nc3cccc(C)c3)c2)cc1OC. The number of carbonyl (C=O) groups is 1. The summed E-state index contributed by atoms with van der Waals surface area (Å²) in [5.74, 6) is 1.00. The summed E-state index contributed by atoms with van der Waals surface area (Å²) in [4.78, 5) is 16.6. The fourth-order valence-electron chi connectivity index (χ4n) is 2.63. The molecule has 0 saturated carbocycles. The van der Waals surface area contributed by atoms with Gasteiger partial charge in [-0.2, -0.15) is 0 Å². The Bertz CT molecular complexity index is 957. The molecule has 0 radical (unpaired) electrons. The summed E-state index contributed by atoms with van der Waals surface area (Å²) in [7, 11) is 3.18. The first kappa shape index (κ1) is 18.3. The van der Waals surface area contributed by atoms with Gasteiger partial charge in [-0.1, -0.05) is 12.1 Å². The Morgan fingerprint density at radius 3 is 2.41 bits per heavy atom. The van der Waals surface area contributed by atoms with Gasteiger partial charge in [0, 0.05) is 29.3 Å². The normalized spacial score (nSPS) is 10.2. The third-order valence-electron chi connectivity index (χ3n) is 3.94. The van der Waals surface area contributed by atoms with Crippen LogP contribution in [0, 0.1) is 6.92 Å². The third kappa shape index (κ3) is 4.55. The zero-order chi connectivity index (χ0) is 19.2. The molecule has 1 heterocycles. The molecule has 0 spiro atoms. The van der Waals surface area contributed by atoms with E-state index in [1.54, 1.807) is 32.5 Å². The van der Waals surface area contributed by atoms with Crippen LogP contribution >= 0.6 is 0 Å².